The lowest BCUT2D eigenvalue weighted by molar-refractivity contribution is 0.0696. The maximum absolute atomic E-state index is 12.0. The highest BCUT2D eigenvalue weighted by molar-refractivity contribution is 7.16. The molecule has 0 aliphatic heterocycles. The number of thiophene rings is 1. The van der Waals surface area contributed by atoms with Crippen LogP contribution in [0.2, 0.25) is 30.7 Å². The third-order valence-corrected chi connectivity index (χ3v) is 9.26. The van der Waals surface area contributed by atoms with E-state index >= 15 is 0 Å². The Morgan fingerprint density at radius 1 is 1.34 bits per heavy atom. The smallest absolute Gasteiger partial charge is 0.349 e. The second kappa shape index (κ2) is 10.4. The molecule has 0 radical (unpaired) electrons. The number of rotatable bonds is 9. The second-order valence-corrected chi connectivity index (χ2v) is 17.3. The van der Waals surface area contributed by atoms with Gasteiger partial charge in [-0.2, -0.15) is 0 Å². The van der Waals surface area contributed by atoms with Crippen molar-refractivity contribution in [2.75, 3.05) is 6.61 Å². The van der Waals surface area contributed by atoms with Gasteiger partial charge in [0.15, 0.2) is 4.88 Å². The van der Waals surface area contributed by atoms with Crippen LogP contribution in [-0.2, 0) is 11.2 Å². The zero-order valence-electron chi connectivity index (χ0n) is 20.0. The van der Waals surface area contributed by atoms with Crippen molar-refractivity contribution in [3.05, 3.63) is 69.3 Å². The third-order valence-electron chi connectivity index (χ3n) is 5.74. The van der Waals surface area contributed by atoms with Crippen molar-refractivity contribution in [1.82, 2.24) is 9.55 Å². The summed E-state index contributed by atoms with van der Waals surface area (Å²) in [4.78, 5) is 16.6. The summed E-state index contributed by atoms with van der Waals surface area (Å²) in [7, 11) is -1.21. The van der Waals surface area contributed by atoms with Gasteiger partial charge >= 0.3 is 5.97 Å². The summed E-state index contributed by atoms with van der Waals surface area (Å²) in [5.41, 5.74) is 2.48. The van der Waals surface area contributed by atoms with Crippen molar-refractivity contribution in [3.63, 3.8) is 0 Å². The van der Waals surface area contributed by atoms with Gasteiger partial charge in [0.2, 0.25) is 0 Å². The molecule has 0 spiro atoms. The summed E-state index contributed by atoms with van der Waals surface area (Å²) in [5, 5.41) is 10.8. The fraction of sp³-hybridized carbons (Fsp3) is 0.360. The molecule has 2 atom stereocenters. The topological polar surface area (TPSA) is 73.6 Å². The number of aromatic carboxylic acids is 1. The Morgan fingerprint density at radius 2 is 2.09 bits per heavy atom. The average molecular weight is 552 g/mol. The average Bonchev–Trinajstić information content (AvgIpc) is 3.37. The fourth-order valence-corrected chi connectivity index (χ4v) is 5.98. The number of halogens is 2. The van der Waals surface area contributed by atoms with Gasteiger partial charge in [-0.25, -0.2) is 9.78 Å². The Labute approximate surface area is 220 Å². The number of carboxylic acids is 1. The van der Waals surface area contributed by atoms with E-state index in [2.05, 4.69) is 24.6 Å². The van der Waals surface area contributed by atoms with Crippen LogP contribution in [0.3, 0.4) is 0 Å². The number of allylic oxidation sites excluding steroid dienone is 1. The molecule has 0 amide bonds. The van der Waals surface area contributed by atoms with Gasteiger partial charge in [0.05, 0.1) is 23.4 Å². The van der Waals surface area contributed by atoms with E-state index in [0.29, 0.717) is 23.1 Å². The minimum absolute atomic E-state index is 0.116. The van der Waals surface area contributed by atoms with E-state index in [4.69, 9.17) is 32.7 Å². The number of ether oxygens (including phenoxy) is 2. The molecule has 0 saturated heterocycles. The molecule has 186 valence electrons. The van der Waals surface area contributed by atoms with Gasteiger partial charge in [0.25, 0.3) is 0 Å². The number of fused-ring (bicyclic) bond motifs is 1. The normalized spacial score (nSPS) is 16.4. The SMILES string of the molecule is C[C@@H](Oc1cc(-n2cnc3c2CC(Cl)C(OCC[Si](C)(C)C)=C3)sc1C(=O)O)c1ccccc1Cl. The van der Waals surface area contributed by atoms with Crippen LogP contribution < -0.4 is 4.74 Å². The molecule has 1 N–H and O–H groups in total. The van der Waals surface area contributed by atoms with Crippen molar-refractivity contribution in [3.8, 4) is 10.8 Å². The predicted octanol–water partition coefficient (Wildman–Crippen LogP) is 7.28. The van der Waals surface area contributed by atoms with Crippen LogP contribution in [0.15, 0.2) is 42.4 Å². The van der Waals surface area contributed by atoms with Crippen molar-refractivity contribution in [1.29, 1.82) is 0 Å². The van der Waals surface area contributed by atoms with Crippen LogP contribution in [0.5, 0.6) is 5.75 Å². The van der Waals surface area contributed by atoms with Crippen molar-refractivity contribution < 1.29 is 19.4 Å². The first-order chi connectivity index (χ1) is 16.5. The molecule has 2 aromatic heterocycles. The van der Waals surface area contributed by atoms with Gasteiger partial charge in [-0.15, -0.1) is 22.9 Å². The second-order valence-electron chi connectivity index (χ2n) is 9.69. The summed E-state index contributed by atoms with van der Waals surface area (Å²) < 4.78 is 13.9. The summed E-state index contributed by atoms with van der Waals surface area (Å²) in [6.07, 6.45) is 3.68. The monoisotopic (exact) mass is 550 g/mol. The van der Waals surface area contributed by atoms with E-state index in [1.165, 1.54) is 0 Å². The van der Waals surface area contributed by atoms with Crippen LogP contribution >= 0.6 is 34.5 Å². The highest BCUT2D eigenvalue weighted by atomic mass is 35.5. The number of alkyl halides is 1. The Kier molecular flexibility index (Phi) is 7.66. The molecule has 0 fully saturated rings. The fourth-order valence-electron chi connectivity index (χ4n) is 3.78. The molecular formula is C25H28Cl2N2O4SSi. The van der Waals surface area contributed by atoms with Crippen molar-refractivity contribution in [2.24, 2.45) is 0 Å². The molecule has 0 saturated carbocycles. The lowest BCUT2D eigenvalue weighted by Gasteiger charge is -2.22. The van der Waals surface area contributed by atoms with Crippen LogP contribution in [0.1, 0.15) is 39.7 Å². The number of nitrogens with zero attached hydrogens (tertiary/aromatic N) is 2. The molecule has 0 bridgehead atoms. The molecule has 2 heterocycles. The molecule has 1 aliphatic rings. The molecule has 4 rings (SSSR count). The molecule has 6 nitrogen and oxygen atoms in total. The Bertz CT molecular complexity index is 1260. The van der Waals surface area contributed by atoms with E-state index in [1.807, 2.05) is 35.8 Å². The highest BCUT2D eigenvalue weighted by Crippen LogP contribution is 2.38. The molecule has 1 aliphatic carbocycles. The van der Waals surface area contributed by atoms with Crippen LogP contribution in [0.25, 0.3) is 11.1 Å². The first-order valence-electron chi connectivity index (χ1n) is 11.4. The first kappa shape index (κ1) is 25.8. The van der Waals surface area contributed by atoms with E-state index < -0.39 is 20.1 Å². The van der Waals surface area contributed by atoms with Gasteiger partial charge in [-0.1, -0.05) is 49.4 Å². The van der Waals surface area contributed by atoms with E-state index in [9.17, 15) is 9.90 Å². The summed E-state index contributed by atoms with van der Waals surface area (Å²) in [6, 6.07) is 10.1. The predicted molar refractivity (Wildman–Crippen MR) is 144 cm³/mol. The summed E-state index contributed by atoms with van der Waals surface area (Å²) in [5.74, 6) is -0.0287. The van der Waals surface area contributed by atoms with E-state index in [1.54, 1.807) is 18.5 Å². The third kappa shape index (κ3) is 5.94. The standard InChI is InChI=1S/C25H28Cl2N2O4SSi/c1-15(16-7-5-6-8-17(16)26)33-22-13-23(34-24(22)25(30)31)29-14-28-19-12-21(18(27)11-20(19)29)32-9-10-35(2,3)4/h5-8,12-15,18H,9-11H2,1-4H3,(H,30,31)/t15-,18?/m1/s1. The Balaban J connectivity index is 1.59. The maximum Gasteiger partial charge on any atom is 0.349 e. The lowest BCUT2D eigenvalue weighted by Crippen LogP contribution is -2.23. The molecule has 3 aromatic rings. The minimum Gasteiger partial charge on any atom is -0.497 e. The molecule has 1 unspecified atom stereocenters. The Hall–Kier alpha value is -2.26. The van der Waals surface area contributed by atoms with Gasteiger partial charge in [0, 0.05) is 37.2 Å². The van der Waals surface area contributed by atoms with Gasteiger partial charge in [-0.05, 0) is 19.0 Å². The van der Waals surface area contributed by atoms with Crippen molar-refractivity contribution in [2.45, 2.75) is 50.5 Å². The molecule has 10 heteroatoms. The largest absolute Gasteiger partial charge is 0.497 e. The number of carboxylic acid groups (broad SMARTS) is 1. The maximum atomic E-state index is 12.0. The Morgan fingerprint density at radius 3 is 2.77 bits per heavy atom. The lowest BCUT2D eigenvalue weighted by atomic mass is 10.1. The zero-order valence-corrected chi connectivity index (χ0v) is 23.4. The van der Waals surface area contributed by atoms with Gasteiger partial charge in [-0.3, -0.25) is 4.57 Å². The minimum atomic E-state index is -1.21. The van der Waals surface area contributed by atoms with Crippen LogP contribution in [0, 0.1) is 0 Å². The van der Waals surface area contributed by atoms with Gasteiger partial charge in [0.1, 0.15) is 28.9 Å². The van der Waals surface area contributed by atoms with Crippen molar-refractivity contribution >= 4 is 54.7 Å². The number of carbonyl (C=O) groups is 1. The summed E-state index contributed by atoms with van der Waals surface area (Å²) >= 11 is 14.1. The van der Waals surface area contributed by atoms with Gasteiger partial charge < -0.3 is 14.6 Å². The number of aromatic nitrogens is 2. The van der Waals surface area contributed by atoms with E-state index in [-0.39, 0.29) is 16.0 Å². The zero-order chi connectivity index (χ0) is 25.3. The summed E-state index contributed by atoms with van der Waals surface area (Å²) in [6.45, 7) is 9.42. The quantitative estimate of drug-likeness (QED) is 0.223. The van der Waals surface area contributed by atoms with E-state index in [0.717, 1.165) is 40.1 Å². The number of hydrogen-bond acceptors (Lipinski definition) is 5. The first-order valence-corrected chi connectivity index (χ1v) is 16.7. The molecule has 1 aromatic carbocycles. The number of imidazole rings is 1. The van der Waals surface area contributed by atoms with Crippen LogP contribution in [-0.4, -0.2) is 40.7 Å². The molecular weight excluding hydrogens is 523 g/mol. The number of benzene rings is 1. The van der Waals surface area contributed by atoms with Crippen LogP contribution in [0.4, 0.5) is 0 Å². The number of hydrogen-bond donors (Lipinski definition) is 1. The molecule has 35 heavy (non-hydrogen) atoms. The highest BCUT2D eigenvalue weighted by Gasteiger charge is 2.28.